The van der Waals surface area contributed by atoms with Gasteiger partial charge in [0.2, 0.25) is 11.7 Å². The number of nitrogens with one attached hydrogen (secondary N) is 2. The van der Waals surface area contributed by atoms with Gasteiger partial charge in [0, 0.05) is 6.04 Å². The zero-order valence-electron chi connectivity index (χ0n) is 10.3. The Morgan fingerprint density at radius 1 is 1.58 bits per heavy atom. The number of amides is 1. The van der Waals surface area contributed by atoms with E-state index >= 15 is 0 Å². The quantitative estimate of drug-likeness (QED) is 0.553. The van der Waals surface area contributed by atoms with Gasteiger partial charge in [0.15, 0.2) is 0 Å². The van der Waals surface area contributed by atoms with E-state index < -0.39 is 4.92 Å². The number of methoxy groups -OCH3 is 1. The number of hydrogen-bond donors (Lipinski definition) is 2. The van der Waals surface area contributed by atoms with Crippen LogP contribution in [0.15, 0.2) is 6.33 Å². The van der Waals surface area contributed by atoms with Crippen molar-refractivity contribution in [3.05, 3.63) is 16.4 Å². The molecule has 0 aromatic carbocycles. The number of rotatable bonds is 6. The summed E-state index contributed by atoms with van der Waals surface area (Å²) in [4.78, 5) is 29.2. The molecule has 1 aromatic rings. The number of hydrogen-bond acceptors (Lipinski definition) is 7. The maximum absolute atomic E-state index is 11.5. The number of aromatic nitrogens is 2. The van der Waals surface area contributed by atoms with Crippen LogP contribution >= 0.6 is 0 Å². The zero-order chi connectivity index (χ0) is 13.8. The number of nitrogens with zero attached hydrogens (tertiary/aromatic N) is 3. The van der Waals surface area contributed by atoms with Crippen LogP contribution in [-0.2, 0) is 4.79 Å². The minimum absolute atomic E-state index is 0.0391. The second-order valence-corrected chi connectivity index (χ2v) is 4.03. The molecule has 0 aliphatic heterocycles. The fourth-order valence-corrected chi connectivity index (χ4v) is 1.48. The van der Waals surface area contributed by atoms with Crippen LogP contribution in [0.2, 0.25) is 0 Å². The van der Waals surface area contributed by atoms with Gasteiger partial charge in [-0.1, -0.05) is 0 Å². The predicted molar refractivity (Wildman–Crippen MR) is 64.9 cm³/mol. The van der Waals surface area contributed by atoms with Crippen molar-refractivity contribution >= 4 is 17.4 Å². The molecule has 0 saturated heterocycles. The van der Waals surface area contributed by atoms with E-state index in [1.165, 1.54) is 7.11 Å². The summed E-state index contributed by atoms with van der Waals surface area (Å²) < 4.78 is 4.80. The van der Waals surface area contributed by atoms with Gasteiger partial charge in [-0.2, -0.15) is 4.98 Å². The van der Waals surface area contributed by atoms with E-state index in [2.05, 4.69) is 20.6 Å². The van der Waals surface area contributed by atoms with Gasteiger partial charge in [0.1, 0.15) is 6.33 Å². The fraction of sp³-hybridized carbons (Fsp3) is 0.500. The fourth-order valence-electron chi connectivity index (χ4n) is 1.48. The summed E-state index contributed by atoms with van der Waals surface area (Å²) in [5.41, 5.74) is -0.385. The van der Waals surface area contributed by atoms with Crippen molar-refractivity contribution in [3.63, 3.8) is 0 Å². The molecule has 9 heteroatoms. The van der Waals surface area contributed by atoms with E-state index in [1.54, 1.807) is 0 Å². The molecule has 0 radical (unpaired) electrons. The Balaban J connectivity index is 2.05. The summed E-state index contributed by atoms with van der Waals surface area (Å²) >= 11 is 0. The van der Waals surface area contributed by atoms with Crippen molar-refractivity contribution in [1.82, 2.24) is 15.3 Å². The van der Waals surface area contributed by atoms with E-state index in [0.29, 0.717) is 0 Å². The van der Waals surface area contributed by atoms with Crippen LogP contribution in [-0.4, -0.2) is 40.5 Å². The largest absolute Gasteiger partial charge is 0.476 e. The van der Waals surface area contributed by atoms with Gasteiger partial charge < -0.3 is 15.4 Å². The molecule has 0 bridgehead atoms. The zero-order valence-corrected chi connectivity index (χ0v) is 10.3. The number of carbonyl (C=O) groups excluding carboxylic acids is 1. The standard InChI is InChI=1S/C10H13N5O4/c1-19-10-8(15(17)18)9(12-5-13-10)11-4-7(16)14-6-2-3-6/h5-6H,2-4H2,1H3,(H,14,16)(H,11,12,13). The first-order valence-electron chi connectivity index (χ1n) is 5.68. The lowest BCUT2D eigenvalue weighted by molar-refractivity contribution is -0.385. The van der Waals surface area contributed by atoms with Crippen molar-refractivity contribution in [3.8, 4) is 5.88 Å². The van der Waals surface area contributed by atoms with Crippen LogP contribution < -0.4 is 15.4 Å². The molecule has 1 heterocycles. The Kier molecular flexibility index (Phi) is 3.74. The van der Waals surface area contributed by atoms with Gasteiger partial charge in [0.25, 0.3) is 5.88 Å². The summed E-state index contributed by atoms with van der Waals surface area (Å²) in [5, 5.41) is 16.3. The van der Waals surface area contributed by atoms with Crippen molar-refractivity contribution in [2.45, 2.75) is 18.9 Å². The van der Waals surface area contributed by atoms with Crippen LogP contribution in [0.25, 0.3) is 0 Å². The van der Waals surface area contributed by atoms with Crippen LogP contribution in [0, 0.1) is 10.1 Å². The molecule has 0 spiro atoms. The third-order valence-corrected chi connectivity index (χ3v) is 2.52. The van der Waals surface area contributed by atoms with Gasteiger partial charge in [-0.25, -0.2) is 4.98 Å². The number of nitro groups is 1. The van der Waals surface area contributed by atoms with Crippen LogP contribution in [0.4, 0.5) is 11.5 Å². The van der Waals surface area contributed by atoms with Crippen molar-refractivity contribution < 1.29 is 14.5 Å². The summed E-state index contributed by atoms with van der Waals surface area (Å²) in [5.74, 6) is -0.415. The van der Waals surface area contributed by atoms with Crippen molar-refractivity contribution in [2.75, 3.05) is 19.0 Å². The van der Waals surface area contributed by atoms with E-state index in [-0.39, 0.29) is 35.9 Å². The molecule has 102 valence electrons. The molecule has 9 nitrogen and oxygen atoms in total. The number of ether oxygens (including phenoxy) is 1. The predicted octanol–water partition coefficient (Wildman–Crippen LogP) is 0.0839. The van der Waals surface area contributed by atoms with Crippen LogP contribution in [0.3, 0.4) is 0 Å². The topological polar surface area (TPSA) is 119 Å². The highest BCUT2D eigenvalue weighted by Crippen LogP contribution is 2.30. The lowest BCUT2D eigenvalue weighted by Gasteiger charge is -2.07. The first kappa shape index (κ1) is 13.0. The monoisotopic (exact) mass is 267 g/mol. The van der Waals surface area contributed by atoms with Crippen molar-refractivity contribution in [2.24, 2.45) is 0 Å². The Morgan fingerprint density at radius 2 is 2.32 bits per heavy atom. The Bertz CT molecular complexity index is 503. The first-order valence-corrected chi connectivity index (χ1v) is 5.68. The molecule has 1 aromatic heterocycles. The summed E-state index contributed by atoms with van der Waals surface area (Å²) in [6.45, 7) is -0.0858. The van der Waals surface area contributed by atoms with Crippen LogP contribution in [0.5, 0.6) is 5.88 Å². The Morgan fingerprint density at radius 3 is 2.89 bits per heavy atom. The summed E-state index contributed by atoms with van der Waals surface area (Å²) in [6, 6.07) is 0.240. The number of carbonyl (C=O) groups is 1. The lowest BCUT2D eigenvalue weighted by Crippen LogP contribution is -2.31. The van der Waals surface area contributed by atoms with E-state index in [0.717, 1.165) is 19.2 Å². The van der Waals surface area contributed by atoms with E-state index in [4.69, 9.17) is 4.74 Å². The number of anilines is 1. The lowest BCUT2D eigenvalue weighted by atomic mass is 10.4. The molecule has 0 atom stereocenters. The smallest absolute Gasteiger partial charge is 0.372 e. The molecule has 1 fully saturated rings. The third-order valence-electron chi connectivity index (χ3n) is 2.52. The molecular weight excluding hydrogens is 254 g/mol. The molecule has 2 rings (SSSR count). The maximum Gasteiger partial charge on any atom is 0.372 e. The molecule has 2 N–H and O–H groups in total. The summed E-state index contributed by atoms with van der Waals surface area (Å²) in [7, 11) is 1.28. The molecular formula is C10H13N5O4. The average Bonchev–Trinajstić information content (AvgIpc) is 3.19. The molecule has 1 amide bonds. The average molecular weight is 267 g/mol. The van der Waals surface area contributed by atoms with E-state index in [1.807, 2.05) is 0 Å². The second kappa shape index (κ2) is 5.46. The normalized spacial score (nSPS) is 13.7. The summed E-state index contributed by atoms with van der Waals surface area (Å²) in [6.07, 6.45) is 3.09. The molecule has 19 heavy (non-hydrogen) atoms. The molecule has 0 unspecified atom stereocenters. The Labute approximate surface area is 108 Å². The Hall–Kier alpha value is -2.45. The highest BCUT2D eigenvalue weighted by molar-refractivity contribution is 5.81. The van der Waals surface area contributed by atoms with E-state index in [9.17, 15) is 14.9 Å². The SMILES string of the molecule is COc1ncnc(NCC(=O)NC2CC2)c1[N+](=O)[O-]. The van der Waals surface area contributed by atoms with Gasteiger partial charge in [-0.05, 0) is 12.8 Å². The third kappa shape index (κ3) is 3.27. The minimum atomic E-state index is -0.653. The highest BCUT2D eigenvalue weighted by atomic mass is 16.6. The van der Waals surface area contributed by atoms with Crippen LogP contribution in [0.1, 0.15) is 12.8 Å². The van der Waals surface area contributed by atoms with Gasteiger partial charge in [-0.15, -0.1) is 0 Å². The maximum atomic E-state index is 11.5. The molecule has 1 aliphatic rings. The molecule has 1 saturated carbocycles. The molecule has 1 aliphatic carbocycles. The van der Waals surface area contributed by atoms with Gasteiger partial charge >= 0.3 is 5.69 Å². The highest BCUT2D eigenvalue weighted by Gasteiger charge is 2.26. The van der Waals surface area contributed by atoms with Gasteiger partial charge in [0.05, 0.1) is 18.6 Å². The van der Waals surface area contributed by atoms with Crippen molar-refractivity contribution in [1.29, 1.82) is 0 Å². The minimum Gasteiger partial charge on any atom is -0.476 e. The first-order chi connectivity index (χ1) is 9.11. The van der Waals surface area contributed by atoms with Gasteiger partial charge in [-0.3, -0.25) is 14.9 Å². The second-order valence-electron chi connectivity index (χ2n) is 4.03.